The summed E-state index contributed by atoms with van der Waals surface area (Å²) in [4.78, 5) is 0. The minimum atomic E-state index is -0.394. The first-order valence-corrected chi connectivity index (χ1v) is 6.75. The summed E-state index contributed by atoms with van der Waals surface area (Å²) in [6, 6.07) is 4.57. The number of nitrogens with one attached hydrogen (secondary N) is 1. The van der Waals surface area contributed by atoms with E-state index in [-0.39, 0.29) is 5.75 Å². The molecule has 1 unspecified atom stereocenters. The average molecular weight is 243 g/mol. The Hall–Kier alpha value is -0.740. The van der Waals surface area contributed by atoms with Crippen molar-refractivity contribution in [3.8, 4) is 5.75 Å². The molecular formula is C12H18FNOS. The molecule has 0 saturated heterocycles. The van der Waals surface area contributed by atoms with Crippen LogP contribution in [0.3, 0.4) is 0 Å². The van der Waals surface area contributed by atoms with Gasteiger partial charge in [-0.15, -0.1) is 0 Å². The van der Waals surface area contributed by atoms with Gasteiger partial charge in [-0.2, -0.15) is 11.8 Å². The van der Waals surface area contributed by atoms with E-state index >= 15 is 0 Å². The second-order valence-corrected chi connectivity index (χ2v) is 4.67. The van der Waals surface area contributed by atoms with Crippen LogP contribution in [-0.4, -0.2) is 23.2 Å². The summed E-state index contributed by atoms with van der Waals surface area (Å²) in [5, 5.41) is 12.6. The van der Waals surface area contributed by atoms with Crippen LogP contribution in [0.25, 0.3) is 0 Å². The zero-order valence-corrected chi connectivity index (χ0v) is 10.5. The van der Waals surface area contributed by atoms with Crippen LogP contribution in [0.4, 0.5) is 4.39 Å². The van der Waals surface area contributed by atoms with Crippen LogP contribution in [-0.2, 0) is 6.54 Å². The fraction of sp³-hybridized carbons (Fsp3) is 0.500. The zero-order valence-electron chi connectivity index (χ0n) is 9.66. The van der Waals surface area contributed by atoms with Gasteiger partial charge in [0.1, 0.15) is 11.6 Å². The van der Waals surface area contributed by atoms with Gasteiger partial charge >= 0.3 is 0 Å². The van der Waals surface area contributed by atoms with E-state index in [2.05, 4.69) is 18.5 Å². The topological polar surface area (TPSA) is 32.3 Å². The Kier molecular flexibility index (Phi) is 5.63. The van der Waals surface area contributed by atoms with E-state index in [0.717, 1.165) is 23.8 Å². The third-order valence-electron chi connectivity index (χ3n) is 2.40. The van der Waals surface area contributed by atoms with Crippen LogP contribution in [0, 0.1) is 5.82 Å². The number of rotatable bonds is 6. The second-order valence-electron chi connectivity index (χ2n) is 3.76. The highest BCUT2D eigenvalue weighted by Crippen LogP contribution is 2.14. The first-order valence-electron chi connectivity index (χ1n) is 5.36. The van der Waals surface area contributed by atoms with Crippen LogP contribution >= 0.6 is 11.8 Å². The molecule has 0 aliphatic rings. The van der Waals surface area contributed by atoms with Gasteiger partial charge in [-0.05, 0) is 30.4 Å². The smallest absolute Gasteiger partial charge is 0.127 e. The summed E-state index contributed by atoms with van der Waals surface area (Å²) in [7, 11) is 0. The predicted octanol–water partition coefficient (Wildman–Crippen LogP) is 2.76. The quantitative estimate of drug-likeness (QED) is 0.806. The van der Waals surface area contributed by atoms with Crippen molar-refractivity contribution in [1.29, 1.82) is 0 Å². The SMILES string of the molecule is CCC(CSC)NCc1cc(O)cc(F)c1. The largest absolute Gasteiger partial charge is 0.508 e. The standard InChI is InChI=1S/C12H18FNOS/c1-3-11(8-16-2)14-7-9-4-10(13)6-12(15)5-9/h4-6,11,14-15H,3,7-8H2,1-2H3. The van der Waals surface area contributed by atoms with Gasteiger partial charge in [-0.1, -0.05) is 6.92 Å². The molecule has 16 heavy (non-hydrogen) atoms. The minimum Gasteiger partial charge on any atom is -0.508 e. The van der Waals surface area contributed by atoms with Crippen molar-refractivity contribution in [2.45, 2.75) is 25.9 Å². The van der Waals surface area contributed by atoms with Gasteiger partial charge in [0.2, 0.25) is 0 Å². The van der Waals surface area contributed by atoms with E-state index in [1.807, 2.05) is 0 Å². The monoisotopic (exact) mass is 243 g/mol. The molecule has 2 nitrogen and oxygen atoms in total. The number of aromatic hydroxyl groups is 1. The highest BCUT2D eigenvalue weighted by molar-refractivity contribution is 7.98. The van der Waals surface area contributed by atoms with Crippen LogP contribution in [0.2, 0.25) is 0 Å². The molecule has 1 rings (SSSR count). The molecule has 0 radical (unpaired) electrons. The van der Waals surface area contributed by atoms with Crippen LogP contribution in [0.1, 0.15) is 18.9 Å². The van der Waals surface area contributed by atoms with Crippen LogP contribution in [0.5, 0.6) is 5.75 Å². The molecular weight excluding hydrogens is 225 g/mol. The molecule has 0 saturated carbocycles. The summed E-state index contributed by atoms with van der Waals surface area (Å²) >= 11 is 1.79. The number of hydrogen-bond acceptors (Lipinski definition) is 3. The fourth-order valence-electron chi connectivity index (χ4n) is 1.52. The number of halogens is 1. The van der Waals surface area contributed by atoms with E-state index in [1.54, 1.807) is 17.8 Å². The average Bonchev–Trinajstić information content (AvgIpc) is 2.23. The molecule has 1 aromatic rings. The van der Waals surface area contributed by atoms with Crippen molar-refractivity contribution in [3.63, 3.8) is 0 Å². The Bertz CT molecular complexity index is 313. The summed E-state index contributed by atoms with van der Waals surface area (Å²) in [6.07, 6.45) is 3.11. The number of hydrogen-bond donors (Lipinski definition) is 2. The van der Waals surface area contributed by atoms with E-state index in [9.17, 15) is 9.50 Å². The third kappa shape index (κ3) is 4.41. The van der Waals surface area contributed by atoms with E-state index in [0.29, 0.717) is 12.6 Å². The highest BCUT2D eigenvalue weighted by Gasteiger charge is 2.05. The first-order chi connectivity index (χ1) is 7.65. The number of thioether (sulfide) groups is 1. The first kappa shape index (κ1) is 13.3. The van der Waals surface area contributed by atoms with Crippen molar-refractivity contribution in [2.24, 2.45) is 0 Å². The van der Waals surface area contributed by atoms with Crippen LogP contribution in [0.15, 0.2) is 18.2 Å². The van der Waals surface area contributed by atoms with Gasteiger partial charge < -0.3 is 10.4 Å². The summed E-state index contributed by atoms with van der Waals surface area (Å²) in [5.74, 6) is 0.627. The predicted molar refractivity (Wildman–Crippen MR) is 67.4 cm³/mol. The maximum absolute atomic E-state index is 13.0. The normalized spacial score (nSPS) is 12.7. The molecule has 2 N–H and O–H groups in total. The number of phenols is 1. The third-order valence-corrected chi connectivity index (χ3v) is 3.13. The Labute approximate surface area is 100 Å². The van der Waals surface area contributed by atoms with Gasteiger partial charge in [0, 0.05) is 24.4 Å². The van der Waals surface area contributed by atoms with E-state index in [4.69, 9.17) is 0 Å². The van der Waals surface area contributed by atoms with Crippen LogP contribution < -0.4 is 5.32 Å². The van der Waals surface area contributed by atoms with Gasteiger partial charge in [0.05, 0.1) is 0 Å². The van der Waals surface area contributed by atoms with Crippen molar-refractivity contribution in [2.75, 3.05) is 12.0 Å². The molecule has 0 heterocycles. The summed E-state index contributed by atoms with van der Waals surface area (Å²) in [5.41, 5.74) is 0.775. The fourth-order valence-corrected chi connectivity index (χ4v) is 2.28. The molecule has 0 bridgehead atoms. The molecule has 4 heteroatoms. The Morgan fingerprint density at radius 1 is 1.44 bits per heavy atom. The minimum absolute atomic E-state index is 0.0188. The lowest BCUT2D eigenvalue weighted by atomic mass is 10.2. The van der Waals surface area contributed by atoms with Crippen molar-refractivity contribution in [1.82, 2.24) is 5.32 Å². The van der Waals surface area contributed by atoms with Crippen molar-refractivity contribution in [3.05, 3.63) is 29.6 Å². The summed E-state index contributed by atoms with van der Waals surface area (Å²) < 4.78 is 13.0. The van der Waals surface area contributed by atoms with Crippen molar-refractivity contribution >= 4 is 11.8 Å². The zero-order chi connectivity index (χ0) is 12.0. The second kappa shape index (κ2) is 6.76. The lowest BCUT2D eigenvalue weighted by molar-refractivity contribution is 0.466. The van der Waals surface area contributed by atoms with Gasteiger partial charge in [0.15, 0.2) is 0 Å². The lowest BCUT2D eigenvalue weighted by Gasteiger charge is -2.15. The summed E-state index contributed by atoms with van der Waals surface area (Å²) in [6.45, 7) is 2.71. The highest BCUT2D eigenvalue weighted by atomic mass is 32.2. The Morgan fingerprint density at radius 3 is 2.75 bits per heavy atom. The van der Waals surface area contributed by atoms with E-state index < -0.39 is 5.82 Å². The number of benzene rings is 1. The molecule has 90 valence electrons. The number of phenolic OH excluding ortho intramolecular Hbond substituents is 1. The van der Waals surface area contributed by atoms with E-state index in [1.165, 1.54) is 6.07 Å². The molecule has 1 aromatic carbocycles. The maximum atomic E-state index is 13.0. The molecule has 0 fully saturated rings. The lowest BCUT2D eigenvalue weighted by Crippen LogP contribution is -2.30. The molecule has 0 aliphatic heterocycles. The molecule has 0 aromatic heterocycles. The molecule has 0 spiro atoms. The van der Waals surface area contributed by atoms with Gasteiger partial charge in [-0.25, -0.2) is 4.39 Å². The molecule has 1 atom stereocenters. The van der Waals surface area contributed by atoms with Gasteiger partial charge in [0.25, 0.3) is 0 Å². The van der Waals surface area contributed by atoms with Crippen molar-refractivity contribution < 1.29 is 9.50 Å². The Balaban J connectivity index is 2.52. The molecule has 0 amide bonds. The molecule has 0 aliphatic carbocycles. The maximum Gasteiger partial charge on any atom is 0.127 e. The Morgan fingerprint density at radius 2 is 2.19 bits per heavy atom. The van der Waals surface area contributed by atoms with Gasteiger partial charge in [-0.3, -0.25) is 0 Å².